The van der Waals surface area contributed by atoms with Crippen LogP contribution in [0.5, 0.6) is 0 Å². The number of thiophene rings is 1. The van der Waals surface area contributed by atoms with E-state index in [2.05, 4.69) is 31.3 Å². The van der Waals surface area contributed by atoms with Gasteiger partial charge in [-0.25, -0.2) is 0 Å². The van der Waals surface area contributed by atoms with Gasteiger partial charge in [-0.2, -0.15) is 0 Å². The Hall–Kier alpha value is -0.540. The van der Waals surface area contributed by atoms with Gasteiger partial charge < -0.3 is 5.32 Å². The maximum atomic E-state index is 6.29. The second kappa shape index (κ2) is 7.46. The molecular formula is C16H19Cl2NS. The van der Waals surface area contributed by atoms with Gasteiger partial charge in [0.15, 0.2) is 0 Å². The minimum atomic E-state index is 0.256. The van der Waals surface area contributed by atoms with Crippen LogP contribution in [0.4, 0.5) is 0 Å². The number of rotatable bonds is 6. The summed E-state index contributed by atoms with van der Waals surface area (Å²) in [5.41, 5.74) is 1.12. The van der Waals surface area contributed by atoms with Crippen LogP contribution < -0.4 is 5.32 Å². The van der Waals surface area contributed by atoms with E-state index in [0.717, 1.165) is 30.0 Å². The third-order valence-corrected chi connectivity index (χ3v) is 5.13. The van der Waals surface area contributed by atoms with Gasteiger partial charge in [-0.3, -0.25) is 0 Å². The summed E-state index contributed by atoms with van der Waals surface area (Å²) in [6.07, 6.45) is 2.10. The predicted octanol–water partition coefficient (Wildman–Crippen LogP) is 5.86. The molecule has 2 rings (SSSR count). The van der Waals surface area contributed by atoms with Gasteiger partial charge in [0.25, 0.3) is 0 Å². The molecule has 0 saturated heterocycles. The van der Waals surface area contributed by atoms with Gasteiger partial charge in [0.2, 0.25) is 0 Å². The second-order valence-electron chi connectivity index (χ2n) is 4.73. The fourth-order valence-electron chi connectivity index (χ4n) is 2.19. The largest absolute Gasteiger partial charge is 0.305 e. The Morgan fingerprint density at radius 3 is 2.45 bits per heavy atom. The zero-order chi connectivity index (χ0) is 14.5. The van der Waals surface area contributed by atoms with E-state index in [1.807, 2.05) is 29.5 Å². The minimum Gasteiger partial charge on any atom is -0.305 e. The molecule has 20 heavy (non-hydrogen) atoms. The number of halogens is 2. The first-order chi connectivity index (χ1) is 9.63. The molecule has 0 fully saturated rings. The quantitative estimate of drug-likeness (QED) is 0.700. The Balaban J connectivity index is 2.05. The van der Waals surface area contributed by atoms with Crippen LogP contribution in [0.25, 0.3) is 0 Å². The van der Waals surface area contributed by atoms with Gasteiger partial charge in [-0.1, -0.05) is 43.1 Å². The molecule has 0 aliphatic carbocycles. The van der Waals surface area contributed by atoms with Crippen molar-refractivity contribution >= 4 is 34.5 Å². The third kappa shape index (κ3) is 3.98. The predicted molar refractivity (Wildman–Crippen MR) is 90.0 cm³/mol. The highest BCUT2D eigenvalue weighted by molar-refractivity contribution is 7.11. The molecule has 0 aliphatic rings. The summed E-state index contributed by atoms with van der Waals surface area (Å²) in [5.74, 6) is 0. The number of nitrogens with one attached hydrogen (secondary N) is 1. The lowest BCUT2D eigenvalue weighted by Crippen LogP contribution is -2.20. The van der Waals surface area contributed by atoms with E-state index >= 15 is 0 Å². The smallest absolute Gasteiger partial charge is 0.0468 e. The molecule has 4 heteroatoms. The van der Waals surface area contributed by atoms with Crippen molar-refractivity contribution in [2.45, 2.75) is 39.3 Å². The van der Waals surface area contributed by atoms with Crippen molar-refractivity contribution in [2.75, 3.05) is 0 Å². The molecular weight excluding hydrogens is 309 g/mol. The molecule has 1 aromatic heterocycles. The van der Waals surface area contributed by atoms with Crippen molar-refractivity contribution < 1.29 is 0 Å². The molecule has 1 unspecified atom stereocenters. The van der Waals surface area contributed by atoms with Crippen LogP contribution in [0.1, 0.15) is 41.6 Å². The summed E-state index contributed by atoms with van der Waals surface area (Å²) < 4.78 is 0. The SMILES string of the molecule is CCc1ccc(CNC(CC)c2ccc(Cl)cc2Cl)s1. The molecule has 0 radical (unpaired) electrons. The first-order valence-corrected chi connectivity index (χ1v) is 8.47. The summed E-state index contributed by atoms with van der Waals surface area (Å²) >= 11 is 14.1. The second-order valence-corrected chi connectivity index (χ2v) is 6.83. The molecule has 1 aromatic carbocycles. The Morgan fingerprint density at radius 2 is 1.85 bits per heavy atom. The van der Waals surface area contributed by atoms with Crippen LogP contribution in [-0.4, -0.2) is 0 Å². The maximum Gasteiger partial charge on any atom is 0.0468 e. The van der Waals surface area contributed by atoms with E-state index in [1.54, 1.807) is 0 Å². The standard InChI is InChI=1S/C16H19Cl2NS/c1-3-12-6-7-13(20-12)10-19-16(4-2)14-8-5-11(17)9-15(14)18/h5-9,16,19H,3-4,10H2,1-2H3. The Morgan fingerprint density at radius 1 is 1.10 bits per heavy atom. The maximum absolute atomic E-state index is 6.29. The van der Waals surface area contributed by atoms with Crippen LogP contribution in [-0.2, 0) is 13.0 Å². The molecule has 1 heterocycles. The summed E-state index contributed by atoms with van der Waals surface area (Å²) in [6.45, 7) is 5.22. The fourth-order valence-corrected chi connectivity index (χ4v) is 3.64. The van der Waals surface area contributed by atoms with Crippen molar-refractivity contribution in [3.8, 4) is 0 Å². The Labute approximate surface area is 134 Å². The number of benzene rings is 1. The van der Waals surface area contributed by atoms with E-state index in [0.29, 0.717) is 5.02 Å². The summed E-state index contributed by atoms with van der Waals surface area (Å²) in [7, 11) is 0. The van der Waals surface area contributed by atoms with Crippen molar-refractivity contribution in [2.24, 2.45) is 0 Å². The summed E-state index contributed by atoms with van der Waals surface area (Å²) in [5, 5.41) is 5.00. The normalized spacial score (nSPS) is 12.6. The molecule has 1 atom stereocenters. The van der Waals surface area contributed by atoms with Crippen LogP contribution >= 0.6 is 34.5 Å². The molecule has 0 spiro atoms. The Bertz CT molecular complexity index is 565. The van der Waals surface area contributed by atoms with Crippen LogP contribution in [0.15, 0.2) is 30.3 Å². The molecule has 1 nitrogen and oxygen atoms in total. The van der Waals surface area contributed by atoms with Gasteiger partial charge in [0.1, 0.15) is 0 Å². The lowest BCUT2D eigenvalue weighted by Gasteiger charge is -2.18. The first-order valence-electron chi connectivity index (χ1n) is 6.90. The highest BCUT2D eigenvalue weighted by Gasteiger charge is 2.13. The van der Waals surface area contributed by atoms with Crippen molar-refractivity contribution in [3.05, 3.63) is 55.7 Å². The zero-order valence-corrected chi connectivity index (χ0v) is 14.1. The van der Waals surface area contributed by atoms with Crippen molar-refractivity contribution in [1.29, 1.82) is 0 Å². The van der Waals surface area contributed by atoms with E-state index in [4.69, 9.17) is 23.2 Å². The third-order valence-electron chi connectivity index (χ3n) is 3.33. The molecule has 0 saturated carbocycles. The van der Waals surface area contributed by atoms with Gasteiger partial charge in [0, 0.05) is 32.4 Å². The summed E-state index contributed by atoms with van der Waals surface area (Å²) in [4.78, 5) is 2.80. The molecule has 0 bridgehead atoms. The molecule has 1 N–H and O–H groups in total. The summed E-state index contributed by atoms with van der Waals surface area (Å²) in [6, 6.07) is 10.4. The lowest BCUT2D eigenvalue weighted by atomic mass is 10.0. The van der Waals surface area contributed by atoms with E-state index in [9.17, 15) is 0 Å². The van der Waals surface area contributed by atoms with E-state index < -0.39 is 0 Å². The number of aryl methyl sites for hydroxylation is 1. The first kappa shape index (κ1) is 15.8. The topological polar surface area (TPSA) is 12.0 Å². The molecule has 108 valence electrons. The van der Waals surface area contributed by atoms with Gasteiger partial charge in [-0.15, -0.1) is 11.3 Å². The van der Waals surface area contributed by atoms with Gasteiger partial charge in [-0.05, 0) is 42.7 Å². The lowest BCUT2D eigenvalue weighted by molar-refractivity contribution is 0.522. The average molecular weight is 328 g/mol. The highest BCUT2D eigenvalue weighted by Crippen LogP contribution is 2.28. The minimum absolute atomic E-state index is 0.256. The molecule has 0 aliphatic heterocycles. The van der Waals surface area contributed by atoms with E-state index in [-0.39, 0.29) is 6.04 Å². The van der Waals surface area contributed by atoms with Crippen LogP contribution in [0.3, 0.4) is 0 Å². The zero-order valence-electron chi connectivity index (χ0n) is 11.7. The molecule has 0 amide bonds. The van der Waals surface area contributed by atoms with Crippen molar-refractivity contribution in [3.63, 3.8) is 0 Å². The van der Waals surface area contributed by atoms with Crippen LogP contribution in [0, 0.1) is 0 Å². The van der Waals surface area contributed by atoms with Gasteiger partial charge >= 0.3 is 0 Å². The number of hydrogen-bond donors (Lipinski definition) is 1. The Kier molecular flexibility index (Phi) is 5.91. The van der Waals surface area contributed by atoms with Gasteiger partial charge in [0.05, 0.1) is 0 Å². The van der Waals surface area contributed by atoms with Crippen LogP contribution in [0.2, 0.25) is 10.0 Å². The monoisotopic (exact) mass is 327 g/mol. The van der Waals surface area contributed by atoms with Crippen molar-refractivity contribution in [1.82, 2.24) is 5.32 Å². The average Bonchev–Trinajstić information content (AvgIpc) is 2.89. The number of hydrogen-bond acceptors (Lipinski definition) is 2. The fraction of sp³-hybridized carbons (Fsp3) is 0.375. The van der Waals surface area contributed by atoms with E-state index in [1.165, 1.54) is 9.75 Å². The molecule has 2 aromatic rings. The highest BCUT2D eigenvalue weighted by atomic mass is 35.5.